The molecule has 5 atom stereocenters. The van der Waals surface area contributed by atoms with Crippen LogP contribution in [-0.4, -0.2) is 34.6 Å². The van der Waals surface area contributed by atoms with Crippen molar-refractivity contribution in [1.29, 1.82) is 0 Å². The van der Waals surface area contributed by atoms with Gasteiger partial charge >= 0.3 is 0 Å². The van der Waals surface area contributed by atoms with Crippen LogP contribution < -0.4 is 0 Å². The molecule has 5 saturated heterocycles. The van der Waals surface area contributed by atoms with Crippen molar-refractivity contribution >= 4 is 10.9 Å². The summed E-state index contributed by atoms with van der Waals surface area (Å²) in [5, 5.41) is 1.24. The van der Waals surface area contributed by atoms with E-state index in [1.54, 1.807) is 0 Å². The summed E-state index contributed by atoms with van der Waals surface area (Å²) in [6.45, 7) is 4.65. The highest BCUT2D eigenvalue weighted by Crippen LogP contribution is 2.54. The molecule has 0 aliphatic carbocycles. The summed E-state index contributed by atoms with van der Waals surface area (Å²) >= 11 is 0. The molecule has 0 radical (unpaired) electrons. The van der Waals surface area contributed by atoms with Crippen molar-refractivity contribution < 1.29 is 4.74 Å². The maximum atomic E-state index is 6.93. The van der Waals surface area contributed by atoms with Crippen molar-refractivity contribution in [3.05, 3.63) is 66.4 Å². The highest BCUT2D eigenvalue weighted by atomic mass is 16.5. The molecule has 0 saturated carbocycles. The molecular formula is C25H26N2O. The first kappa shape index (κ1) is 16.7. The molecular weight excluding hydrogens is 344 g/mol. The molecule has 142 valence electrons. The molecule has 1 unspecified atom stereocenters. The van der Waals surface area contributed by atoms with Gasteiger partial charge in [0, 0.05) is 24.2 Å². The van der Waals surface area contributed by atoms with Crippen molar-refractivity contribution in [1.82, 2.24) is 9.88 Å². The van der Waals surface area contributed by atoms with Crippen LogP contribution >= 0.6 is 0 Å². The fourth-order valence-electron chi connectivity index (χ4n) is 5.95. The van der Waals surface area contributed by atoms with Crippen LogP contribution in [0.5, 0.6) is 0 Å². The Hall–Kier alpha value is -2.23. The number of morpholine rings is 1. The van der Waals surface area contributed by atoms with E-state index in [1.807, 2.05) is 6.20 Å². The Kier molecular flexibility index (Phi) is 3.66. The van der Waals surface area contributed by atoms with Gasteiger partial charge in [0.15, 0.2) is 0 Å². The summed E-state index contributed by atoms with van der Waals surface area (Å²) in [5.74, 6) is 0.733. The average molecular weight is 370 g/mol. The lowest BCUT2D eigenvalue weighted by Gasteiger charge is -2.64. The van der Waals surface area contributed by atoms with Gasteiger partial charge in [-0.2, -0.15) is 0 Å². The largest absolute Gasteiger partial charge is 0.364 e. The van der Waals surface area contributed by atoms with E-state index in [0.29, 0.717) is 6.04 Å². The third-order valence-corrected chi connectivity index (χ3v) is 7.47. The zero-order valence-electron chi connectivity index (χ0n) is 16.3. The zero-order valence-corrected chi connectivity index (χ0v) is 16.3. The number of piperidine rings is 3. The first-order chi connectivity index (χ1) is 13.8. The lowest BCUT2D eigenvalue weighted by atomic mass is 9.66. The third kappa shape index (κ3) is 2.33. The van der Waals surface area contributed by atoms with E-state index in [-0.39, 0.29) is 11.7 Å². The SMILES string of the molecule is CC[C@]12CN3CC[C@H]1C[C@@H]3[C@H](c1ccnc3ccc(-c4ccccc4)cc13)O2. The van der Waals surface area contributed by atoms with Crippen molar-refractivity contribution in [2.24, 2.45) is 5.92 Å². The van der Waals surface area contributed by atoms with Crippen LogP contribution in [0.1, 0.15) is 37.9 Å². The minimum absolute atomic E-state index is 0.0459. The quantitative estimate of drug-likeness (QED) is 0.632. The Labute approximate surface area is 166 Å². The van der Waals surface area contributed by atoms with Gasteiger partial charge in [-0.15, -0.1) is 0 Å². The Morgan fingerprint density at radius 3 is 2.79 bits per heavy atom. The Bertz CT molecular complexity index is 1030. The number of ether oxygens (including phenoxy) is 1. The topological polar surface area (TPSA) is 25.4 Å². The van der Waals surface area contributed by atoms with Crippen molar-refractivity contribution in [2.75, 3.05) is 13.1 Å². The number of hydrogen-bond donors (Lipinski definition) is 0. The third-order valence-electron chi connectivity index (χ3n) is 7.47. The van der Waals surface area contributed by atoms with Gasteiger partial charge in [0.2, 0.25) is 0 Å². The molecule has 3 heteroatoms. The number of hydrogen-bond acceptors (Lipinski definition) is 3. The van der Waals surface area contributed by atoms with Crippen molar-refractivity contribution in [2.45, 2.75) is 43.9 Å². The lowest BCUT2D eigenvalue weighted by molar-refractivity contribution is -0.274. The second-order valence-corrected chi connectivity index (χ2v) is 8.71. The zero-order chi connectivity index (χ0) is 18.7. The molecule has 28 heavy (non-hydrogen) atoms. The van der Waals surface area contributed by atoms with E-state index in [4.69, 9.17) is 4.74 Å². The second kappa shape index (κ2) is 6.13. The van der Waals surface area contributed by atoms with Crippen LogP contribution in [-0.2, 0) is 4.74 Å². The summed E-state index contributed by atoms with van der Waals surface area (Å²) in [6.07, 6.45) is 5.79. The molecule has 5 fully saturated rings. The first-order valence-electron chi connectivity index (χ1n) is 10.6. The van der Waals surface area contributed by atoms with Crippen LogP contribution in [0, 0.1) is 5.92 Å². The van der Waals surface area contributed by atoms with E-state index in [0.717, 1.165) is 24.4 Å². The molecule has 5 aliphatic heterocycles. The minimum Gasteiger partial charge on any atom is -0.364 e. The van der Waals surface area contributed by atoms with Crippen molar-refractivity contribution in [3.8, 4) is 11.1 Å². The normalized spacial score (nSPS) is 33.5. The number of fused-ring (bicyclic) bond motifs is 3. The van der Waals surface area contributed by atoms with Gasteiger partial charge in [0.05, 0.1) is 17.2 Å². The maximum absolute atomic E-state index is 6.93. The molecule has 0 spiro atoms. The fraction of sp³-hybridized carbons (Fsp3) is 0.400. The second-order valence-electron chi connectivity index (χ2n) is 8.71. The molecule has 1 aromatic heterocycles. The van der Waals surface area contributed by atoms with Gasteiger partial charge < -0.3 is 4.74 Å². The molecule has 3 aromatic rings. The van der Waals surface area contributed by atoms with Gasteiger partial charge in [-0.3, -0.25) is 9.88 Å². The summed E-state index contributed by atoms with van der Waals surface area (Å²) < 4.78 is 6.93. The fourth-order valence-corrected chi connectivity index (χ4v) is 5.95. The average Bonchev–Trinajstić information content (AvgIpc) is 2.78. The Morgan fingerprint density at radius 1 is 1.11 bits per heavy atom. The molecule has 0 amide bonds. The van der Waals surface area contributed by atoms with Crippen LogP contribution in [0.2, 0.25) is 0 Å². The highest BCUT2D eigenvalue weighted by molar-refractivity contribution is 5.87. The summed E-state index contributed by atoms with van der Waals surface area (Å²) in [4.78, 5) is 7.35. The molecule has 0 N–H and O–H groups in total. The van der Waals surface area contributed by atoms with E-state index in [9.17, 15) is 0 Å². The van der Waals surface area contributed by atoms with E-state index >= 15 is 0 Å². The monoisotopic (exact) mass is 370 g/mol. The Morgan fingerprint density at radius 2 is 2.00 bits per heavy atom. The van der Waals surface area contributed by atoms with E-state index < -0.39 is 0 Å². The maximum Gasteiger partial charge on any atom is 0.0995 e. The number of benzene rings is 2. The predicted molar refractivity (Wildman–Crippen MR) is 112 cm³/mol. The van der Waals surface area contributed by atoms with Gasteiger partial charge in [-0.25, -0.2) is 0 Å². The Balaban J connectivity index is 1.48. The molecule has 2 aromatic carbocycles. The number of rotatable bonds is 3. The van der Waals surface area contributed by atoms with Crippen LogP contribution in [0.4, 0.5) is 0 Å². The van der Waals surface area contributed by atoms with Gasteiger partial charge in [-0.1, -0.05) is 43.3 Å². The molecule has 5 aliphatic rings. The summed E-state index contributed by atoms with van der Waals surface area (Å²) in [5.41, 5.74) is 4.92. The molecule has 6 heterocycles. The van der Waals surface area contributed by atoms with Crippen LogP contribution in [0.25, 0.3) is 22.0 Å². The summed E-state index contributed by atoms with van der Waals surface area (Å²) in [7, 11) is 0. The van der Waals surface area contributed by atoms with Gasteiger partial charge in [-0.05, 0) is 66.6 Å². The van der Waals surface area contributed by atoms with Crippen LogP contribution in [0.3, 0.4) is 0 Å². The molecule has 4 bridgehead atoms. The predicted octanol–water partition coefficient (Wildman–Crippen LogP) is 5.22. The highest BCUT2D eigenvalue weighted by Gasteiger charge is 2.58. The first-order valence-corrected chi connectivity index (χ1v) is 10.6. The van der Waals surface area contributed by atoms with Crippen molar-refractivity contribution in [3.63, 3.8) is 0 Å². The standard InChI is InChI=1S/C25H26N2O/c1-2-25-16-27-13-11-19(25)15-23(27)24(28-25)20-10-12-26-22-9-8-18(14-21(20)22)17-6-4-3-5-7-17/h3-10,12,14,19,23-24H,2,11,13,15-16H2,1H3/t19-,23+,24-,25-/m0/s1. The molecule has 8 rings (SSSR count). The van der Waals surface area contributed by atoms with Gasteiger partial charge in [0.1, 0.15) is 0 Å². The van der Waals surface area contributed by atoms with E-state index in [1.165, 1.54) is 41.5 Å². The number of pyridine rings is 1. The number of nitrogens with zero attached hydrogens (tertiary/aromatic N) is 2. The van der Waals surface area contributed by atoms with Gasteiger partial charge in [0.25, 0.3) is 0 Å². The smallest absolute Gasteiger partial charge is 0.0995 e. The lowest BCUT2D eigenvalue weighted by Crippen LogP contribution is -2.70. The molecule has 3 nitrogen and oxygen atoms in total. The minimum atomic E-state index is 0.0459. The van der Waals surface area contributed by atoms with E-state index in [2.05, 4.69) is 71.4 Å². The summed E-state index contributed by atoms with van der Waals surface area (Å²) in [6, 6.07) is 20.0. The number of aromatic nitrogens is 1. The van der Waals surface area contributed by atoms with Crippen LogP contribution in [0.15, 0.2) is 60.8 Å².